The van der Waals surface area contributed by atoms with Gasteiger partial charge in [0.25, 0.3) is 0 Å². The molecule has 0 aliphatic carbocycles. The van der Waals surface area contributed by atoms with E-state index >= 15 is 0 Å². The molecule has 1 aromatic rings. The number of carbonyl (C=O) groups is 1. The van der Waals surface area contributed by atoms with E-state index < -0.39 is 0 Å². The summed E-state index contributed by atoms with van der Waals surface area (Å²) in [5.41, 5.74) is 1.78. The molecule has 0 heterocycles. The number of unbranched alkanes of at least 4 members (excludes halogenated alkanes) is 2. The van der Waals surface area contributed by atoms with Crippen molar-refractivity contribution in [2.75, 3.05) is 21.0 Å². The molecule has 0 aliphatic heterocycles. The number of para-hydroxylation sites is 1. The first-order chi connectivity index (χ1) is 10.7. The Kier molecular flexibility index (Phi) is 8.85. The highest BCUT2D eigenvalue weighted by atomic mass is 79.9. The van der Waals surface area contributed by atoms with E-state index in [1.165, 1.54) is 7.11 Å². The fourth-order valence-electron chi connectivity index (χ4n) is 2.09. The Hall–Kier alpha value is -1.33. The number of rotatable bonds is 9. The van der Waals surface area contributed by atoms with Gasteiger partial charge in [0.2, 0.25) is 0 Å². The number of ether oxygens (including phenoxy) is 3. The van der Waals surface area contributed by atoms with Crippen LogP contribution >= 0.6 is 15.9 Å². The third-order valence-corrected chi connectivity index (χ3v) is 4.01. The summed E-state index contributed by atoms with van der Waals surface area (Å²) in [5, 5.41) is 0. The number of allylic oxidation sites excluding steroid dienone is 1. The molecule has 122 valence electrons. The van der Waals surface area contributed by atoms with Gasteiger partial charge in [-0.25, -0.2) is 4.79 Å². The van der Waals surface area contributed by atoms with E-state index in [9.17, 15) is 4.79 Å². The van der Waals surface area contributed by atoms with Crippen molar-refractivity contribution in [3.63, 3.8) is 0 Å². The van der Waals surface area contributed by atoms with E-state index in [-0.39, 0.29) is 12.8 Å². The van der Waals surface area contributed by atoms with Crippen LogP contribution in [0.4, 0.5) is 0 Å². The molecule has 0 spiro atoms. The van der Waals surface area contributed by atoms with Gasteiger partial charge in [0.1, 0.15) is 10.2 Å². The van der Waals surface area contributed by atoms with Gasteiger partial charge >= 0.3 is 5.97 Å². The monoisotopic (exact) mass is 370 g/mol. The molecule has 0 aliphatic rings. The molecule has 22 heavy (non-hydrogen) atoms. The van der Waals surface area contributed by atoms with Crippen LogP contribution in [-0.4, -0.2) is 27.0 Å². The molecule has 0 aromatic heterocycles. The molecule has 5 heteroatoms. The number of benzene rings is 1. The van der Waals surface area contributed by atoms with Crippen LogP contribution in [0.3, 0.4) is 0 Å². The summed E-state index contributed by atoms with van der Waals surface area (Å²) in [4.78, 5) is 11.9. The lowest BCUT2D eigenvalue weighted by atomic mass is 9.98. The topological polar surface area (TPSA) is 44.8 Å². The number of hydrogen-bond donors (Lipinski definition) is 0. The van der Waals surface area contributed by atoms with Crippen LogP contribution in [0.5, 0.6) is 5.75 Å². The van der Waals surface area contributed by atoms with Gasteiger partial charge in [0, 0.05) is 12.7 Å². The van der Waals surface area contributed by atoms with Gasteiger partial charge in [-0.15, -0.1) is 0 Å². The molecular weight excluding hydrogens is 348 g/mol. The van der Waals surface area contributed by atoms with Crippen LogP contribution in [-0.2, 0) is 14.3 Å². The Morgan fingerprint density at radius 3 is 2.55 bits per heavy atom. The van der Waals surface area contributed by atoms with Gasteiger partial charge in [0.15, 0.2) is 6.79 Å². The van der Waals surface area contributed by atoms with Crippen LogP contribution in [0.25, 0.3) is 5.57 Å². The summed E-state index contributed by atoms with van der Waals surface area (Å²) in [6, 6.07) is 7.62. The fraction of sp³-hybridized carbons (Fsp3) is 0.471. The number of methoxy groups -OCH3 is 2. The van der Waals surface area contributed by atoms with E-state index in [0.717, 1.165) is 36.8 Å². The fourth-order valence-corrected chi connectivity index (χ4v) is 2.67. The molecule has 4 nitrogen and oxygen atoms in total. The Bertz CT molecular complexity index is 511. The molecule has 0 fully saturated rings. The molecule has 0 atom stereocenters. The highest BCUT2D eigenvalue weighted by molar-refractivity contribution is 9.12. The summed E-state index contributed by atoms with van der Waals surface area (Å²) < 4.78 is 15.9. The maximum absolute atomic E-state index is 11.9. The lowest BCUT2D eigenvalue weighted by molar-refractivity contribution is -0.135. The van der Waals surface area contributed by atoms with Crippen LogP contribution in [0.1, 0.15) is 38.2 Å². The van der Waals surface area contributed by atoms with E-state index in [2.05, 4.69) is 22.9 Å². The van der Waals surface area contributed by atoms with E-state index in [1.54, 1.807) is 7.11 Å². The maximum Gasteiger partial charge on any atom is 0.345 e. The van der Waals surface area contributed by atoms with E-state index in [1.807, 2.05) is 24.3 Å². The van der Waals surface area contributed by atoms with Crippen molar-refractivity contribution in [3.05, 3.63) is 34.3 Å². The minimum atomic E-state index is -0.381. The lowest BCUT2D eigenvalue weighted by Crippen LogP contribution is -2.05. The van der Waals surface area contributed by atoms with Crippen molar-refractivity contribution in [1.82, 2.24) is 0 Å². The van der Waals surface area contributed by atoms with Crippen molar-refractivity contribution in [2.45, 2.75) is 32.6 Å². The molecular formula is C17H23BrO4. The molecule has 0 N–H and O–H groups in total. The molecule has 0 bridgehead atoms. The largest absolute Gasteiger partial charge is 0.467 e. The SMILES string of the molecule is CCCCC/C(=C(\Br)C(=O)OC)c1ccccc1OCOC. The summed E-state index contributed by atoms with van der Waals surface area (Å²) in [7, 11) is 2.95. The highest BCUT2D eigenvalue weighted by Crippen LogP contribution is 2.34. The van der Waals surface area contributed by atoms with Crippen molar-refractivity contribution in [3.8, 4) is 5.75 Å². The second-order valence-electron chi connectivity index (χ2n) is 4.79. The maximum atomic E-state index is 11.9. The van der Waals surface area contributed by atoms with Crippen molar-refractivity contribution in [2.24, 2.45) is 0 Å². The average molecular weight is 371 g/mol. The molecule has 1 aromatic carbocycles. The van der Waals surface area contributed by atoms with Gasteiger partial charge in [-0.2, -0.15) is 0 Å². The summed E-state index contributed by atoms with van der Waals surface area (Å²) in [6.45, 7) is 2.31. The Balaban J connectivity index is 3.18. The standard InChI is InChI=1S/C17H23BrO4/c1-4-5-6-10-14(16(18)17(19)21-3)13-9-7-8-11-15(13)22-12-20-2/h7-9,11H,4-6,10,12H2,1-3H3/b16-14+. The van der Waals surface area contributed by atoms with Crippen molar-refractivity contribution >= 4 is 27.5 Å². The Labute approximate surface area is 140 Å². The second-order valence-corrected chi connectivity index (χ2v) is 5.58. The molecule has 0 saturated heterocycles. The molecule has 0 saturated carbocycles. The summed E-state index contributed by atoms with van der Waals surface area (Å²) >= 11 is 3.38. The predicted octanol–water partition coefficient (Wildman–Crippen LogP) is 4.53. The number of halogens is 1. The zero-order valence-electron chi connectivity index (χ0n) is 13.4. The third kappa shape index (κ3) is 5.46. The van der Waals surface area contributed by atoms with E-state index in [4.69, 9.17) is 14.2 Å². The molecule has 1 rings (SSSR count). The van der Waals surface area contributed by atoms with Crippen molar-refractivity contribution < 1.29 is 19.0 Å². The first-order valence-corrected chi connectivity index (χ1v) is 8.13. The zero-order valence-corrected chi connectivity index (χ0v) is 14.9. The first kappa shape index (κ1) is 18.7. The van der Waals surface area contributed by atoms with Crippen LogP contribution in [0.2, 0.25) is 0 Å². The number of hydrogen-bond acceptors (Lipinski definition) is 4. The molecule has 0 amide bonds. The van der Waals surface area contributed by atoms with Crippen LogP contribution in [0.15, 0.2) is 28.7 Å². The highest BCUT2D eigenvalue weighted by Gasteiger charge is 2.17. The minimum Gasteiger partial charge on any atom is -0.467 e. The van der Waals surface area contributed by atoms with Crippen LogP contribution < -0.4 is 4.74 Å². The van der Waals surface area contributed by atoms with E-state index in [0.29, 0.717) is 10.2 Å². The van der Waals surface area contributed by atoms with Gasteiger partial charge in [-0.1, -0.05) is 38.0 Å². The smallest absolute Gasteiger partial charge is 0.345 e. The third-order valence-electron chi connectivity index (χ3n) is 3.20. The van der Waals surface area contributed by atoms with Gasteiger partial charge in [0.05, 0.1) is 7.11 Å². The van der Waals surface area contributed by atoms with Gasteiger partial charge < -0.3 is 14.2 Å². The summed E-state index contributed by atoms with van der Waals surface area (Å²) in [5.74, 6) is 0.310. The quantitative estimate of drug-likeness (QED) is 0.277. The first-order valence-electron chi connectivity index (χ1n) is 7.33. The predicted molar refractivity (Wildman–Crippen MR) is 91.0 cm³/mol. The lowest BCUT2D eigenvalue weighted by Gasteiger charge is -2.15. The Morgan fingerprint density at radius 1 is 1.18 bits per heavy atom. The summed E-state index contributed by atoms with van der Waals surface area (Å²) in [6.07, 6.45) is 3.99. The number of esters is 1. The zero-order chi connectivity index (χ0) is 16.4. The Morgan fingerprint density at radius 2 is 1.91 bits per heavy atom. The van der Waals surface area contributed by atoms with Gasteiger partial charge in [-0.3, -0.25) is 0 Å². The average Bonchev–Trinajstić information content (AvgIpc) is 2.56. The molecule has 0 radical (unpaired) electrons. The molecule has 0 unspecified atom stereocenters. The van der Waals surface area contributed by atoms with Gasteiger partial charge in [-0.05, 0) is 40.4 Å². The minimum absolute atomic E-state index is 0.162. The van der Waals surface area contributed by atoms with Crippen molar-refractivity contribution in [1.29, 1.82) is 0 Å². The van der Waals surface area contributed by atoms with Crippen LogP contribution in [0, 0.1) is 0 Å². The number of carbonyl (C=O) groups excluding carboxylic acids is 1. The second kappa shape index (κ2) is 10.4. The normalized spacial score (nSPS) is 11.8.